The van der Waals surface area contributed by atoms with Crippen LogP contribution in [0.3, 0.4) is 0 Å². The minimum absolute atomic E-state index is 0.0643. The molecule has 0 spiro atoms. The predicted octanol–water partition coefficient (Wildman–Crippen LogP) is 2.80. The van der Waals surface area contributed by atoms with Gasteiger partial charge in [0.25, 0.3) is 0 Å². The highest BCUT2D eigenvalue weighted by Crippen LogP contribution is 2.29. The van der Waals surface area contributed by atoms with Crippen molar-refractivity contribution in [1.29, 1.82) is 0 Å². The highest BCUT2D eigenvalue weighted by Gasteiger charge is 2.34. The van der Waals surface area contributed by atoms with Gasteiger partial charge in [-0.2, -0.15) is 0 Å². The van der Waals surface area contributed by atoms with Crippen LogP contribution in [0.15, 0.2) is 54.9 Å². The number of benzene rings is 1. The number of ether oxygens (including phenoxy) is 1. The molecule has 1 atom stereocenters. The van der Waals surface area contributed by atoms with E-state index >= 15 is 0 Å². The Balaban J connectivity index is 1.57. The molecule has 1 aliphatic carbocycles. The molecule has 1 heterocycles. The number of pyridine rings is 1. The molecule has 1 aliphatic rings. The van der Waals surface area contributed by atoms with Gasteiger partial charge in [0.2, 0.25) is 11.8 Å². The first-order valence-electron chi connectivity index (χ1n) is 9.39. The Bertz CT molecular complexity index is 830. The lowest BCUT2D eigenvalue weighted by Gasteiger charge is -2.26. The molecule has 3 rings (SSSR count). The lowest BCUT2D eigenvalue weighted by atomic mass is 10.2. The molecule has 1 fully saturated rings. The average molecular weight is 379 g/mol. The lowest BCUT2D eigenvalue weighted by molar-refractivity contribution is -0.136. The monoisotopic (exact) mass is 379 g/mol. The molecule has 6 heteroatoms. The zero-order valence-electron chi connectivity index (χ0n) is 16.2. The summed E-state index contributed by atoms with van der Waals surface area (Å²) in [4.78, 5) is 31.0. The Hall–Kier alpha value is -3.15. The van der Waals surface area contributed by atoms with Crippen LogP contribution < -0.4 is 10.1 Å². The van der Waals surface area contributed by atoms with Crippen LogP contribution in [0.4, 0.5) is 0 Å². The fourth-order valence-electron chi connectivity index (χ4n) is 2.92. The van der Waals surface area contributed by atoms with E-state index in [0.29, 0.717) is 6.54 Å². The van der Waals surface area contributed by atoms with Gasteiger partial charge in [0, 0.05) is 31.1 Å². The molecule has 2 amide bonds. The molecule has 0 saturated heterocycles. The highest BCUT2D eigenvalue weighted by atomic mass is 16.5. The molecule has 6 nitrogen and oxygen atoms in total. The van der Waals surface area contributed by atoms with E-state index in [0.717, 1.165) is 29.7 Å². The summed E-state index contributed by atoms with van der Waals surface area (Å²) in [6.07, 6.45) is 8.61. The summed E-state index contributed by atoms with van der Waals surface area (Å²) in [6.45, 7) is 2.26. The lowest BCUT2D eigenvalue weighted by Crippen LogP contribution is -2.47. The summed E-state index contributed by atoms with van der Waals surface area (Å²) < 4.78 is 5.11. The van der Waals surface area contributed by atoms with Crippen molar-refractivity contribution in [2.45, 2.75) is 38.4 Å². The summed E-state index contributed by atoms with van der Waals surface area (Å²) in [6, 6.07) is 10.9. The van der Waals surface area contributed by atoms with Crippen LogP contribution in [0.2, 0.25) is 0 Å². The molecule has 1 aromatic carbocycles. The molecular formula is C22H25N3O3. The second-order valence-corrected chi connectivity index (χ2v) is 6.89. The van der Waals surface area contributed by atoms with E-state index in [4.69, 9.17) is 4.74 Å². The third-order valence-electron chi connectivity index (χ3n) is 4.65. The second kappa shape index (κ2) is 9.17. The average Bonchev–Trinajstić information content (AvgIpc) is 3.56. The number of amides is 2. The van der Waals surface area contributed by atoms with Crippen LogP contribution in [0, 0.1) is 0 Å². The van der Waals surface area contributed by atoms with E-state index in [1.54, 1.807) is 32.5 Å². The van der Waals surface area contributed by atoms with E-state index < -0.39 is 6.04 Å². The maximum Gasteiger partial charge on any atom is 0.245 e. The van der Waals surface area contributed by atoms with Crippen molar-refractivity contribution in [2.24, 2.45) is 0 Å². The van der Waals surface area contributed by atoms with Gasteiger partial charge in [-0.25, -0.2) is 0 Å². The van der Waals surface area contributed by atoms with E-state index in [1.165, 1.54) is 6.08 Å². The quantitative estimate of drug-likeness (QED) is 0.716. The maximum atomic E-state index is 12.9. The van der Waals surface area contributed by atoms with Crippen molar-refractivity contribution in [3.05, 3.63) is 66.0 Å². The molecule has 1 unspecified atom stereocenters. The van der Waals surface area contributed by atoms with Crippen molar-refractivity contribution in [3.8, 4) is 5.75 Å². The van der Waals surface area contributed by atoms with E-state index in [-0.39, 0.29) is 17.9 Å². The van der Waals surface area contributed by atoms with Gasteiger partial charge in [-0.3, -0.25) is 14.6 Å². The van der Waals surface area contributed by atoms with Crippen LogP contribution >= 0.6 is 0 Å². The normalized spacial score (nSPS) is 14.5. The fraction of sp³-hybridized carbons (Fsp3) is 0.318. The molecule has 0 aliphatic heterocycles. The zero-order valence-corrected chi connectivity index (χ0v) is 16.2. The number of carbonyl (C=O) groups excluding carboxylic acids is 2. The van der Waals surface area contributed by atoms with Gasteiger partial charge >= 0.3 is 0 Å². The number of hydrogen-bond donors (Lipinski definition) is 1. The van der Waals surface area contributed by atoms with Gasteiger partial charge in [-0.1, -0.05) is 12.1 Å². The molecule has 1 N–H and O–H groups in total. The van der Waals surface area contributed by atoms with Crippen molar-refractivity contribution in [1.82, 2.24) is 15.2 Å². The van der Waals surface area contributed by atoms with Crippen LogP contribution in [0.25, 0.3) is 6.08 Å². The molecule has 28 heavy (non-hydrogen) atoms. The summed E-state index contributed by atoms with van der Waals surface area (Å²) in [5, 5.41) is 2.77. The third-order valence-corrected chi connectivity index (χ3v) is 4.65. The van der Waals surface area contributed by atoms with Crippen molar-refractivity contribution < 1.29 is 14.3 Å². The number of nitrogens with one attached hydrogen (secondary N) is 1. The van der Waals surface area contributed by atoms with Gasteiger partial charge in [0.05, 0.1) is 7.11 Å². The molecule has 2 aromatic rings. The Morgan fingerprint density at radius 3 is 2.50 bits per heavy atom. The minimum atomic E-state index is -0.588. The summed E-state index contributed by atoms with van der Waals surface area (Å²) in [5.74, 6) is 0.400. The Kier molecular flexibility index (Phi) is 6.42. The molecular weight excluding hydrogens is 354 g/mol. The van der Waals surface area contributed by atoms with E-state index in [9.17, 15) is 9.59 Å². The van der Waals surface area contributed by atoms with E-state index in [1.807, 2.05) is 41.3 Å². The van der Waals surface area contributed by atoms with Crippen LogP contribution in [0.5, 0.6) is 5.75 Å². The SMILES string of the molecule is COc1ccc(/C=C/C(=O)NC(C)C(=O)N(Cc2ccncc2)C2CC2)cc1. The maximum absolute atomic E-state index is 12.9. The molecule has 146 valence electrons. The van der Waals surface area contributed by atoms with Crippen LogP contribution in [-0.4, -0.2) is 40.9 Å². The topological polar surface area (TPSA) is 71.5 Å². The Morgan fingerprint density at radius 1 is 1.21 bits per heavy atom. The smallest absolute Gasteiger partial charge is 0.245 e. The second-order valence-electron chi connectivity index (χ2n) is 6.89. The molecule has 0 radical (unpaired) electrons. The number of carbonyl (C=O) groups is 2. The van der Waals surface area contributed by atoms with Crippen LogP contribution in [-0.2, 0) is 16.1 Å². The number of aromatic nitrogens is 1. The number of rotatable bonds is 8. The third kappa shape index (κ3) is 5.42. The van der Waals surface area contributed by atoms with Crippen LogP contribution in [0.1, 0.15) is 30.9 Å². The zero-order chi connectivity index (χ0) is 19.9. The molecule has 1 aromatic heterocycles. The Morgan fingerprint density at radius 2 is 1.89 bits per heavy atom. The van der Waals surface area contributed by atoms with Gasteiger partial charge < -0.3 is 15.0 Å². The van der Waals surface area contributed by atoms with Gasteiger partial charge in [-0.15, -0.1) is 0 Å². The van der Waals surface area contributed by atoms with Crippen molar-refractivity contribution in [2.75, 3.05) is 7.11 Å². The summed E-state index contributed by atoms with van der Waals surface area (Å²) in [5.41, 5.74) is 1.92. The summed E-state index contributed by atoms with van der Waals surface area (Å²) >= 11 is 0. The number of methoxy groups -OCH3 is 1. The largest absolute Gasteiger partial charge is 0.497 e. The molecule has 1 saturated carbocycles. The van der Waals surface area contributed by atoms with Crippen molar-refractivity contribution in [3.63, 3.8) is 0 Å². The van der Waals surface area contributed by atoms with Gasteiger partial charge in [0.1, 0.15) is 11.8 Å². The first-order valence-corrected chi connectivity index (χ1v) is 9.39. The number of hydrogen-bond acceptors (Lipinski definition) is 4. The van der Waals surface area contributed by atoms with Gasteiger partial charge in [0.15, 0.2) is 0 Å². The fourth-order valence-corrected chi connectivity index (χ4v) is 2.92. The Labute approximate surface area is 165 Å². The first-order chi connectivity index (χ1) is 13.6. The first kappa shape index (κ1) is 19.6. The van der Waals surface area contributed by atoms with Gasteiger partial charge in [-0.05, 0) is 61.2 Å². The standard InChI is InChI=1S/C22H25N3O3/c1-16(24-21(26)10-5-17-3-8-20(28-2)9-4-17)22(27)25(19-6-7-19)15-18-11-13-23-14-12-18/h3-5,8-14,16,19H,6-7,15H2,1-2H3,(H,24,26)/b10-5+. The highest BCUT2D eigenvalue weighted by molar-refractivity contribution is 5.95. The number of nitrogens with zero attached hydrogens (tertiary/aromatic N) is 2. The summed E-state index contributed by atoms with van der Waals surface area (Å²) in [7, 11) is 1.61. The molecule has 0 bridgehead atoms. The van der Waals surface area contributed by atoms with E-state index in [2.05, 4.69) is 10.3 Å². The minimum Gasteiger partial charge on any atom is -0.497 e. The van der Waals surface area contributed by atoms with Crippen molar-refractivity contribution >= 4 is 17.9 Å². The predicted molar refractivity (Wildman–Crippen MR) is 107 cm³/mol.